The van der Waals surface area contributed by atoms with Crippen molar-refractivity contribution in [3.8, 4) is 0 Å². The minimum absolute atomic E-state index is 0.0848. The van der Waals surface area contributed by atoms with Crippen molar-refractivity contribution in [3.05, 3.63) is 46.5 Å². The lowest BCUT2D eigenvalue weighted by Crippen LogP contribution is -2.42. The molecule has 1 heterocycles. The van der Waals surface area contributed by atoms with Crippen molar-refractivity contribution in [1.29, 1.82) is 0 Å². The van der Waals surface area contributed by atoms with Crippen molar-refractivity contribution in [3.63, 3.8) is 0 Å². The molecule has 27 heavy (non-hydrogen) atoms. The van der Waals surface area contributed by atoms with E-state index in [1.807, 2.05) is 0 Å². The zero-order valence-corrected chi connectivity index (χ0v) is 15.4. The first-order chi connectivity index (χ1) is 12.8. The van der Waals surface area contributed by atoms with E-state index in [1.54, 1.807) is 6.20 Å². The van der Waals surface area contributed by atoms with Gasteiger partial charge >= 0.3 is 12.2 Å². The maximum Gasteiger partial charge on any atom is 0.416 e. The van der Waals surface area contributed by atoms with E-state index in [1.165, 1.54) is 23.5 Å². The highest BCUT2D eigenvalue weighted by Crippen LogP contribution is 2.30. The van der Waals surface area contributed by atoms with Crippen LogP contribution in [0.5, 0.6) is 0 Å². The maximum absolute atomic E-state index is 12.6. The van der Waals surface area contributed by atoms with Gasteiger partial charge in [0, 0.05) is 23.5 Å². The van der Waals surface area contributed by atoms with E-state index in [2.05, 4.69) is 15.6 Å². The second-order valence-electron chi connectivity index (χ2n) is 6.63. The third-order valence-corrected chi connectivity index (χ3v) is 5.62. The summed E-state index contributed by atoms with van der Waals surface area (Å²) in [6.07, 6.45) is 0.743. The molecule has 9 heteroatoms. The van der Waals surface area contributed by atoms with Crippen LogP contribution in [0.3, 0.4) is 0 Å². The molecule has 4 N–H and O–H groups in total. The van der Waals surface area contributed by atoms with E-state index in [0.717, 1.165) is 41.8 Å². The summed E-state index contributed by atoms with van der Waals surface area (Å²) in [6.45, 7) is 0.555. The number of nitrogens with zero attached hydrogens (tertiary/aromatic N) is 1. The molecule has 2 atom stereocenters. The lowest BCUT2D eigenvalue weighted by atomic mass is 10.0. The summed E-state index contributed by atoms with van der Waals surface area (Å²) in [6, 6.07) is 4.82. The molecule has 1 fully saturated rings. The number of halogens is 3. The van der Waals surface area contributed by atoms with Gasteiger partial charge in [0.25, 0.3) is 0 Å². The van der Waals surface area contributed by atoms with Gasteiger partial charge < -0.3 is 11.1 Å². The van der Waals surface area contributed by atoms with E-state index in [4.69, 9.17) is 5.73 Å². The Bertz CT molecular complexity index is 776. The number of nitrogens with two attached hydrogens (primary N) is 1. The molecule has 1 aliphatic carbocycles. The Morgan fingerprint density at radius 3 is 2.67 bits per heavy atom. The van der Waals surface area contributed by atoms with Crippen LogP contribution in [0, 0.1) is 5.92 Å². The first kappa shape index (κ1) is 19.6. The second kappa shape index (κ2) is 8.26. The van der Waals surface area contributed by atoms with Gasteiger partial charge in [0.05, 0.1) is 5.56 Å². The summed E-state index contributed by atoms with van der Waals surface area (Å²) in [4.78, 5) is 17.1. The van der Waals surface area contributed by atoms with Gasteiger partial charge in [-0.05, 0) is 43.0 Å². The average Bonchev–Trinajstić information content (AvgIpc) is 3.23. The largest absolute Gasteiger partial charge is 0.416 e. The molecule has 2 amide bonds. The number of hydrogen-bond acceptors (Lipinski definition) is 4. The molecule has 0 saturated heterocycles. The molecule has 0 aliphatic heterocycles. The smallest absolute Gasteiger partial charge is 0.335 e. The summed E-state index contributed by atoms with van der Waals surface area (Å²) in [5.74, 6) is 0.308. The quantitative estimate of drug-likeness (QED) is 0.712. The molecule has 0 spiro atoms. The lowest BCUT2D eigenvalue weighted by molar-refractivity contribution is -0.137. The van der Waals surface area contributed by atoms with Crippen LogP contribution in [-0.2, 0) is 12.6 Å². The van der Waals surface area contributed by atoms with Gasteiger partial charge in [0.15, 0.2) is 5.13 Å². The van der Waals surface area contributed by atoms with Crippen LogP contribution in [0.1, 0.15) is 35.3 Å². The number of amides is 2. The number of hydrogen-bond donors (Lipinski definition) is 3. The van der Waals surface area contributed by atoms with Crippen molar-refractivity contribution in [2.45, 2.75) is 37.9 Å². The van der Waals surface area contributed by atoms with Crippen molar-refractivity contribution in [1.82, 2.24) is 10.3 Å². The van der Waals surface area contributed by atoms with E-state index in [-0.39, 0.29) is 12.1 Å². The number of anilines is 1. The van der Waals surface area contributed by atoms with Crippen molar-refractivity contribution in [2.24, 2.45) is 11.7 Å². The van der Waals surface area contributed by atoms with Crippen molar-refractivity contribution in [2.75, 3.05) is 11.9 Å². The zero-order valence-electron chi connectivity index (χ0n) is 14.6. The molecule has 2 unspecified atom stereocenters. The number of benzene rings is 1. The number of aromatic nitrogens is 1. The second-order valence-corrected chi connectivity index (χ2v) is 7.75. The van der Waals surface area contributed by atoms with Gasteiger partial charge in [-0.2, -0.15) is 13.2 Å². The number of carbonyl (C=O) groups excluding carboxylic acids is 1. The fourth-order valence-electron chi connectivity index (χ4n) is 3.27. The molecule has 5 nitrogen and oxygen atoms in total. The predicted molar refractivity (Wildman–Crippen MR) is 98.7 cm³/mol. The summed E-state index contributed by atoms with van der Waals surface area (Å²) in [5, 5.41) is 6.11. The Morgan fingerprint density at radius 2 is 2.00 bits per heavy atom. The van der Waals surface area contributed by atoms with Crippen molar-refractivity contribution >= 4 is 22.5 Å². The zero-order chi connectivity index (χ0) is 19.4. The van der Waals surface area contributed by atoms with E-state index < -0.39 is 11.7 Å². The average molecular weight is 398 g/mol. The number of urea groups is 1. The predicted octanol–water partition coefficient (Wildman–Crippen LogP) is 4.00. The molecule has 1 aliphatic rings. The van der Waals surface area contributed by atoms with Gasteiger partial charge in [-0.15, -0.1) is 11.3 Å². The Labute approximate surface area is 159 Å². The van der Waals surface area contributed by atoms with Crippen LogP contribution >= 0.6 is 11.3 Å². The molecule has 3 rings (SSSR count). The highest BCUT2D eigenvalue weighted by atomic mass is 32.1. The lowest BCUT2D eigenvalue weighted by Gasteiger charge is -2.19. The van der Waals surface area contributed by atoms with Gasteiger partial charge in [-0.3, -0.25) is 5.32 Å². The molecular formula is C18H21F3N4OS. The van der Waals surface area contributed by atoms with Crippen LogP contribution in [0.4, 0.5) is 23.1 Å². The molecule has 0 bridgehead atoms. The van der Waals surface area contributed by atoms with Gasteiger partial charge in [-0.1, -0.05) is 18.6 Å². The Kier molecular flexibility index (Phi) is 6.01. The number of alkyl halides is 3. The van der Waals surface area contributed by atoms with Gasteiger partial charge in [0.1, 0.15) is 0 Å². The van der Waals surface area contributed by atoms with Gasteiger partial charge in [-0.25, -0.2) is 9.78 Å². The monoisotopic (exact) mass is 398 g/mol. The molecule has 1 aromatic heterocycles. The third kappa shape index (κ3) is 5.20. The van der Waals surface area contributed by atoms with Crippen LogP contribution < -0.4 is 16.4 Å². The summed E-state index contributed by atoms with van der Waals surface area (Å²) in [5.41, 5.74) is 5.80. The first-order valence-electron chi connectivity index (χ1n) is 8.73. The number of rotatable bonds is 5. The van der Waals surface area contributed by atoms with Gasteiger partial charge in [0.2, 0.25) is 0 Å². The van der Waals surface area contributed by atoms with E-state index in [9.17, 15) is 18.0 Å². The van der Waals surface area contributed by atoms with E-state index in [0.29, 0.717) is 24.0 Å². The highest BCUT2D eigenvalue weighted by molar-refractivity contribution is 7.15. The Hall–Kier alpha value is -2.13. The minimum atomic E-state index is -4.34. The normalized spacial score (nSPS) is 19.9. The number of thiazole rings is 1. The first-order valence-corrected chi connectivity index (χ1v) is 9.55. The van der Waals surface area contributed by atoms with E-state index >= 15 is 0 Å². The molecule has 0 radical (unpaired) electrons. The minimum Gasteiger partial charge on any atom is -0.335 e. The fraction of sp³-hybridized carbons (Fsp3) is 0.444. The summed E-state index contributed by atoms with van der Waals surface area (Å²) < 4.78 is 37.8. The SMILES string of the molecule is NCC1CCCC1NC(=O)Nc1ncc(Cc2ccc(C(F)(F)F)cc2)s1. The molecule has 146 valence electrons. The third-order valence-electron chi connectivity index (χ3n) is 4.71. The van der Waals surface area contributed by atoms with Crippen LogP contribution in [0.2, 0.25) is 0 Å². The topological polar surface area (TPSA) is 80.0 Å². The highest BCUT2D eigenvalue weighted by Gasteiger charge is 2.30. The number of nitrogens with one attached hydrogen (secondary N) is 2. The van der Waals surface area contributed by atoms with Crippen LogP contribution in [0.25, 0.3) is 0 Å². The molecule has 1 aromatic carbocycles. The van der Waals surface area contributed by atoms with Crippen LogP contribution in [0.15, 0.2) is 30.5 Å². The summed E-state index contributed by atoms with van der Waals surface area (Å²) >= 11 is 1.30. The Balaban J connectivity index is 1.54. The number of carbonyl (C=O) groups is 1. The van der Waals surface area contributed by atoms with Crippen molar-refractivity contribution < 1.29 is 18.0 Å². The van der Waals surface area contributed by atoms with Crippen LogP contribution in [-0.4, -0.2) is 23.6 Å². The fourth-order valence-corrected chi connectivity index (χ4v) is 4.11. The summed E-state index contributed by atoms with van der Waals surface area (Å²) in [7, 11) is 0. The Morgan fingerprint density at radius 1 is 1.26 bits per heavy atom. The molecule has 2 aromatic rings. The molecular weight excluding hydrogens is 377 g/mol. The maximum atomic E-state index is 12.6. The molecule has 1 saturated carbocycles. The standard InChI is InChI=1S/C18H21F3N4OS/c19-18(20,21)13-6-4-11(5-7-13)8-14-10-23-17(27-14)25-16(26)24-15-3-1-2-12(15)9-22/h4-7,10,12,15H,1-3,8-9,22H2,(H2,23,24,25,26).